The number of hydrogen-bond donors (Lipinski definition) is 3. The van der Waals surface area contributed by atoms with Crippen molar-refractivity contribution in [3.8, 4) is 0 Å². The summed E-state index contributed by atoms with van der Waals surface area (Å²) in [6.45, 7) is 15.9. The lowest BCUT2D eigenvalue weighted by Crippen LogP contribution is -2.29. The summed E-state index contributed by atoms with van der Waals surface area (Å²) in [6, 6.07) is 6.20. The molecule has 0 spiro atoms. The van der Waals surface area contributed by atoms with Gasteiger partial charge < -0.3 is 43.7 Å². The number of allylic oxidation sites excluding steroid dienone is 1. The summed E-state index contributed by atoms with van der Waals surface area (Å²) >= 11 is 0. The molecule has 62 heavy (non-hydrogen) atoms. The number of aromatic amines is 2. The number of amides is 1. The zero-order chi connectivity index (χ0) is 44.8. The molecule has 0 fully saturated rings. The Labute approximate surface area is 365 Å². The SMILES string of the molecule is CCCCCCOCc1c(C)c2cc3nc(c(CC(=O)OC)c4nc(cc5[nH]c(cc1[nH]2)c(C)c5CC)C(C)=C4C(=O)NCCOCCOCCOC)C(CCC(=O)OC)C3C. The van der Waals surface area contributed by atoms with E-state index in [0.717, 1.165) is 69.3 Å². The molecule has 1 amide bonds. The summed E-state index contributed by atoms with van der Waals surface area (Å²) in [5.41, 5.74) is 11.7. The standard InChI is InChI=1S/C48H67N5O9/c1-10-12-13-14-18-62-28-36-31(5)37-25-39-30(4)34(15-16-43(54)58-8)46(52-39)35(24-44(55)59-9)47-45(48(56)49-17-19-60-22-23-61-21-20-57-7)32(6)40(53-47)27-41-33(11-2)29(3)38(50-41)26-42(36)51-37/h25-27,30,34,50-51H,10-24,28H2,1-9H3,(H,49,56). The number of aromatic nitrogens is 4. The highest BCUT2D eigenvalue weighted by Gasteiger charge is 2.36. The fourth-order valence-corrected chi connectivity index (χ4v) is 8.26. The van der Waals surface area contributed by atoms with Crippen molar-refractivity contribution in [3.05, 3.63) is 68.8 Å². The molecule has 2 unspecified atom stereocenters. The van der Waals surface area contributed by atoms with Crippen molar-refractivity contribution in [1.29, 1.82) is 0 Å². The van der Waals surface area contributed by atoms with Crippen molar-refractivity contribution in [2.24, 2.45) is 0 Å². The van der Waals surface area contributed by atoms with E-state index in [-0.39, 0.29) is 49.7 Å². The largest absolute Gasteiger partial charge is 0.469 e. The number of nitrogens with one attached hydrogen (secondary N) is 3. The topological polar surface area (TPSA) is 176 Å². The van der Waals surface area contributed by atoms with Crippen LogP contribution in [0.5, 0.6) is 0 Å². The first-order valence-corrected chi connectivity index (χ1v) is 22.1. The predicted molar refractivity (Wildman–Crippen MR) is 241 cm³/mol. The molecule has 3 aromatic heterocycles. The van der Waals surface area contributed by atoms with Gasteiger partial charge in [-0.15, -0.1) is 0 Å². The van der Waals surface area contributed by atoms with Crippen molar-refractivity contribution < 1.29 is 42.8 Å². The maximum Gasteiger partial charge on any atom is 0.310 e. The van der Waals surface area contributed by atoms with Crippen molar-refractivity contribution in [1.82, 2.24) is 25.3 Å². The third-order valence-corrected chi connectivity index (χ3v) is 12.0. The minimum absolute atomic E-state index is 0.134. The van der Waals surface area contributed by atoms with Gasteiger partial charge in [0.2, 0.25) is 0 Å². The van der Waals surface area contributed by atoms with Crippen molar-refractivity contribution in [2.75, 3.05) is 67.5 Å². The van der Waals surface area contributed by atoms with Gasteiger partial charge in [-0.3, -0.25) is 19.4 Å². The first kappa shape index (κ1) is 48.1. The summed E-state index contributed by atoms with van der Waals surface area (Å²) < 4.78 is 32.9. The third kappa shape index (κ3) is 11.8. The second-order valence-corrected chi connectivity index (χ2v) is 16.0. The van der Waals surface area contributed by atoms with Crippen LogP contribution in [-0.2, 0) is 62.3 Å². The Kier molecular flexibility index (Phi) is 18.3. The first-order chi connectivity index (χ1) is 30.0. The number of H-pyrrole nitrogens is 2. The molecule has 14 heteroatoms. The monoisotopic (exact) mass is 857 g/mol. The zero-order valence-corrected chi connectivity index (χ0v) is 38.3. The van der Waals surface area contributed by atoms with Crippen LogP contribution < -0.4 is 5.32 Å². The molecule has 5 rings (SSSR count). The minimum Gasteiger partial charge on any atom is -0.469 e. The average molecular weight is 858 g/mol. The number of esters is 2. The van der Waals surface area contributed by atoms with Crippen molar-refractivity contribution in [2.45, 2.75) is 111 Å². The van der Waals surface area contributed by atoms with Crippen molar-refractivity contribution >= 4 is 51.1 Å². The van der Waals surface area contributed by atoms with Gasteiger partial charge in [0.05, 0.1) is 82.9 Å². The van der Waals surface area contributed by atoms with E-state index in [9.17, 15) is 14.4 Å². The molecule has 3 aromatic rings. The van der Waals surface area contributed by atoms with Crippen LogP contribution in [0, 0.1) is 13.8 Å². The Morgan fingerprint density at radius 1 is 0.726 bits per heavy atom. The van der Waals surface area contributed by atoms with E-state index in [0.29, 0.717) is 79.9 Å². The number of carbonyl (C=O) groups is 3. The second-order valence-electron chi connectivity index (χ2n) is 16.0. The molecule has 8 bridgehead atoms. The van der Waals surface area contributed by atoms with Crippen LogP contribution in [0.3, 0.4) is 0 Å². The Balaban J connectivity index is 1.75. The van der Waals surface area contributed by atoms with Gasteiger partial charge in [0, 0.05) is 77.4 Å². The number of carbonyl (C=O) groups excluding carboxylic acids is 3. The zero-order valence-electron chi connectivity index (χ0n) is 38.3. The summed E-state index contributed by atoms with van der Waals surface area (Å²) in [5.74, 6) is -1.72. The Hall–Kier alpha value is -4.89. The van der Waals surface area contributed by atoms with Crippen molar-refractivity contribution in [3.63, 3.8) is 0 Å². The molecular weight excluding hydrogens is 791 g/mol. The molecule has 14 nitrogen and oxygen atoms in total. The van der Waals surface area contributed by atoms with Crippen LogP contribution in [0.15, 0.2) is 18.2 Å². The fourth-order valence-electron chi connectivity index (χ4n) is 8.26. The lowest BCUT2D eigenvalue weighted by Gasteiger charge is -2.18. The molecule has 338 valence electrons. The maximum absolute atomic E-state index is 14.4. The molecule has 3 N–H and O–H groups in total. The van der Waals surface area contributed by atoms with Crippen LogP contribution in [0.4, 0.5) is 0 Å². The fraction of sp³-hybridized carbons (Fsp3) is 0.562. The van der Waals surface area contributed by atoms with Gasteiger partial charge in [-0.25, -0.2) is 4.98 Å². The van der Waals surface area contributed by atoms with Gasteiger partial charge in [0.25, 0.3) is 5.91 Å². The number of hydrogen-bond acceptors (Lipinski definition) is 11. The highest BCUT2D eigenvalue weighted by atomic mass is 16.5. The Morgan fingerprint density at radius 2 is 1.40 bits per heavy atom. The van der Waals surface area contributed by atoms with E-state index < -0.39 is 5.97 Å². The minimum atomic E-state index is -0.509. The van der Waals surface area contributed by atoms with E-state index in [1.807, 2.05) is 13.0 Å². The summed E-state index contributed by atoms with van der Waals surface area (Å²) in [7, 11) is 4.33. The Morgan fingerprint density at radius 3 is 2.10 bits per heavy atom. The van der Waals surface area contributed by atoms with E-state index >= 15 is 0 Å². The van der Waals surface area contributed by atoms with E-state index in [1.165, 1.54) is 27.1 Å². The lowest BCUT2D eigenvalue weighted by molar-refractivity contribution is -0.141. The number of ether oxygens (including phenoxy) is 6. The molecule has 0 saturated heterocycles. The first-order valence-electron chi connectivity index (χ1n) is 22.1. The smallest absolute Gasteiger partial charge is 0.310 e. The lowest BCUT2D eigenvalue weighted by atomic mass is 9.84. The van der Waals surface area contributed by atoms with Crippen LogP contribution in [0.25, 0.3) is 33.2 Å². The number of unbranched alkanes of at least 4 members (excludes halogenated alkanes) is 3. The van der Waals surface area contributed by atoms with Gasteiger partial charge >= 0.3 is 11.9 Å². The van der Waals surface area contributed by atoms with Gasteiger partial charge in [0.1, 0.15) is 0 Å². The quantitative estimate of drug-likeness (QED) is 0.0625. The molecule has 0 aliphatic carbocycles. The van der Waals surface area contributed by atoms with Crippen LogP contribution >= 0.6 is 0 Å². The predicted octanol–water partition coefficient (Wildman–Crippen LogP) is 7.87. The summed E-state index contributed by atoms with van der Waals surface area (Å²) in [6.07, 6.45) is 5.58. The molecule has 2 aliphatic heterocycles. The molecule has 0 radical (unpaired) electrons. The molecule has 5 heterocycles. The highest BCUT2D eigenvalue weighted by molar-refractivity contribution is 6.27. The normalized spacial score (nSPS) is 15.0. The summed E-state index contributed by atoms with van der Waals surface area (Å²) in [4.78, 5) is 58.3. The summed E-state index contributed by atoms with van der Waals surface area (Å²) in [5, 5.41) is 3.02. The van der Waals surface area contributed by atoms with Crippen LogP contribution in [-0.4, -0.2) is 105 Å². The van der Waals surface area contributed by atoms with E-state index in [2.05, 4.69) is 62.0 Å². The third-order valence-electron chi connectivity index (χ3n) is 12.0. The van der Waals surface area contributed by atoms with E-state index in [1.54, 1.807) is 7.11 Å². The van der Waals surface area contributed by atoms with Gasteiger partial charge in [-0.2, -0.15) is 0 Å². The molecule has 2 aliphatic rings. The van der Waals surface area contributed by atoms with Crippen LogP contribution in [0.1, 0.15) is 129 Å². The Bertz CT molecular complexity index is 2240. The number of nitrogens with zero attached hydrogens (tertiary/aromatic N) is 2. The molecule has 0 aromatic carbocycles. The number of fused-ring (bicyclic) bond motifs is 8. The molecular formula is C48H67N5O9. The number of aryl methyl sites for hydroxylation is 3. The van der Waals surface area contributed by atoms with Gasteiger partial charge in [0.15, 0.2) is 0 Å². The highest BCUT2D eigenvalue weighted by Crippen LogP contribution is 2.44. The van der Waals surface area contributed by atoms with E-state index in [4.69, 9.17) is 38.4 Å². The maximum atomic E-state index is 14.4. The second kappa shape index (κ2) is 23.5. The number of methoxy groups -OCH3 is 3. The molecule has 0 saturated carbocycles. The number of rotatable bonds is 23. The van der Waals surface area contributed by atoms with Gasteiger partial charge in [-0.1, -0.05) is 40.0 Å². The molecule has 2 atom stereocenters. The van der Waals surface area contributed by atoms with Crippen LogP contribution in [0.2, 0.25) is 0 Å². The van der Waals surface area contributed by atoms with Gasteiger partial charge in [-0.05, 0) is 80.5 Å². The average Bonchev–Trinajstić information content (AvgIpc) is 3.95.